The molecule has 0 aliphatic carbocycles. The number of aromatic nitrogens is 1. The number of aliphatic hydroxyl groups excluding tert-OH is 1. The van der Waals surface area contributed by atoms with Gasteiger partial charge in [-0.05, 0) is 60.7 Å². The summed E-state index contributed by atoms with van der Waals surface area (Å²) in [7, 11) is 1.30. The Labute approximate surface area is 278 Å². The molecule has 0 radical (unpaired) electrons. The number of carbonyl (C=O) groups excluding carboxylic acids is 2. The van der Waals surface area contributed by atoms with E-state index in [4.69, 9.17) is 19.3 Å². The van der Waals surface area contributed by atoms with Crippen LogP contribution in [0.25, 0.3) is 11.3 Å². The highest BCUT2D eigenvalue weighted by Gasteiger charge is 2.57. The molecule has 1 aliphatic heterocycles. The van der Waals surface area contributed by atoms with Crippen LogP contribution in [0.3, 0.4) is 0 Å². The normalized spacial score (nSPS) is 16.6. The number of nitrogens with one attached hydrogen (secondary N) is 2. The summed E-state index contributed by atoms with van der Waals surface area (Å²) < 4.78 is 74.9. The molecular weight excluding hydrogens is 650 g/mol. The maximum absolute atomic E-state index is 14.9. The van der Waals surface area contributed by atoms with Gasteiger partial charge in [0.25, 0.3) is 11.8 Å². The molecule has 4 N–H and O–H groups in total. The predicted octanol–water partition coefficient (Wildman–Crippen LogP) is 4.53. The number of aliphatic hydroxyl groups is 2. The molecule has 1 aliphatic rings. The fraction of sp³-hybridized carbons (Fsp3) is 0.286. The summed E-state index contributed by atoms with van der Waals surface area (Å²) in [4.78, 5) is 30.1. The monoisotopic (exact) mass is 683 g/mol. The number of nitrogens with zero attached hydrogens (tertiary/aromatic N) is 1. The van der Waals surface area contributed by atoms with E-state index in [2.05, 4.69) is 15.6 Å². The van der Waals surface area contributed by atoms with Crippen LogP contribution >= 0.6 is 0 Å². The lowest BCUT2D eigenvalue weighted by atomic mass is 9.82. The fourth-order valence-corrected chi connectivity index (χ4v) is 5.30. The van der Waals surface area contributed by atoms with E-state index < -0.39 is 47.1 Å². The Morgan fingerprint density at radius 2 is 1.65 bits per heavy atom. The quantitative estimate of drug-likeness (QED) is 0.160. The van der Waals surface area contributed by atoms with E-state index >= 15 is 0 Å². The molecular formula is C35H33F4N3O7. The topological polar surface area (TPSA) is 139 Å². The van der Waals surface area contributed by atoms with Crippen LogP contribution in [0.15, 0.2) is 78.9 Å². The summed E-state index contributed by atoms with van der Waals surface area (Å²) in [5.74, 6) is -1.58. The van der Waals surface area contributed by atoms with Crippen molar-refractivity contribution in [3.63, 3.8) is 0 Å². The highest BCUT2D eigenvalue weighted by Crippen LogP contribution is 2.47. The van der Waals surface area contributed by atoms with E-state index in [9.17, 15) is 32.3 Å². The van der Waals surface area contributed by atoms with Crippen LogP contribution in [-0.2, 0) is 11.0 Å². The Morgan fingerprint density at radius 3 is 2.31 bits per heavy atom. The Kier molecular flexibility index (Phi) is 10.1. The number of ether oxygens (including phenoxy) is 3. The van der Waals surface area contributed by atoms with E-state index in [0.29, 0.717) is 5.56 Å². The number of methoxy groups -OCH3 is 1. The summed E-state index contributed by atoms with van der Waals surface area (Å²) >= 11 is 0. The maximum Gasteiger partial charge on any atom is 0.424 e. The summed E-state index contributed by atoms with van der Waals surface area (Å²) in [5.41, 5.74) is -5.04. The molecule has 2 amide bonds. The van der Waals surface area contributed by atoms with Gasteiger partial charge in [-0.15, -0.1) is 0 Å². The number of fused-ring (bicyclic) bond motifs is 1. The molecule has 0 saturated heterocycles. The number of rotatable bonds is 12. The maximum atomic E-state index is 14.9. The smallest absolute Gasteiger partial charge is 0.424 e. The van der Waals surface area contributed by atoms with Crippen molar-refractivity contribution in [3.8, 4) is 28.5 Å². The van der Waals surface area contributed by atoms with Crippen LogP contribution in [-0.4, -0.2) is 73.2 Å². The van der Waals surface area contributed by atoms with Crippen LogP contribution in [0, 0.1) is 5.82 Å². The second-order valence-electron chi connectivity index (χ2n) is 11.6. The minimum absolute atomic E-state index is 0.0545. The number of amides is 2. The molecule has 4 aromatic rings. The van der Waals surface area contributed by atoms with Crippen LogP contribution < -0.4 is 24.8 Å². The molecule has 5 rings (SSSR count). The number of halogens is 4. The van der Waals surface area contributed by atoms with Gasteiger partial charge in [0.2, 0.25) is 5.60 Å². The van der Waals surface area contributed by atoms with Gasteiger partial charge in [0.1, 0.15) is 23.9 Å². The molecule has 0 unspecified atom stereocenters. The first-order chi connectivity index (χ1) is 23.3. The van der Waals surface area contributed by atoms with Crippen molar-refractivity contribution in [2.75, 3.05) is 40.0 Å². The molecule has 1 aromatic heterocycles. The summed E-state index contributed by atoms with van der Waals surface area (Å²) in [6, 6.07) is 18.1. The fourth-order valence-electron chi connectivity index (χ4n) is 5.30. The van der Waals surface area contributed by atoms with E-state index in [1.54, 1.807) is 37.3 Å². The van der Waals surface area contributed by atoms with Gasteiger partial charge in [-0.3, -0.25) is 9.59 Å². The van der Waals surface area contributed by atoms with Gasteiger partial charge in [-0.2, -0.15) is 13.2 Å². The number of pyridine rings is 1. The van der Waals surface area contributed by atoms with Crippen molar-refractivity contribution in [1.82, 2.24) is 15.6 Å². The van der Waals surface area contributed by atoms with Crippen molar-refractivity contribution in [2.24, 2.45) is 0 Å². The van der Waals surface area contributed by atoms with Crippen molar-refractivity contribution < 1.29 is 51.6 Å². The third-order valence-electron chi connectivity index (χ3n) is 8.12. The third kappa shape index (κ3) is 7.29. The minimum Gasteiger partial charge on any atom is -0.493 e. The van der Waals surface area contributed by atoms with Gasteiger partial charge in [-0.1, -0.05) is 25.1 Å². The second kappa shape index (κ2) is 14.1. The minimum atomic E-state index is -5.35. The van der Waals surface area contributed by atoms with Crippen molar-refractivity contribution in [1.29, 1.82) is 0 Å². The lowest BCUT2D eigenvalue weighted by Gasteiger charge is -2.32. The molecule has 2 heterocycles. The zero-order valence-electron chi connectivity index (χ0n) is 26.4. The molecule has 0 saturated carbocycles. The van der Waals surface area contributed by atoms with Gasteiger partial charge in [0.15, 0.2) is 11.5 Å². The predicted molar refractivity (Wildman–Crippen MR) is 169 cm³/mol. The molecule has 0 bridgehead atoms. The highest BCUT2D eigenvalue weighted by atomic mass is 19.4. The largest absolute Gasteiger partial charge is 0.493 e. The first-order valence-corrected chi connectivity index (χ1v) is 15.1. The Hall–Kier alpha value is -5.21. The van der Waals surface area contributed by atoms with Crippen LogP contribution in [0.2, 0.25) is 0 Å². The number of hydrogen-bond donors (Lipinski definition) is 4. The van der Waals surface area contributed by atoms with E-state index in [1.165, 1.54) is 37.4 Å². The first kappa shape index (κ1) is 35.1. The van der Waals surface area contributed by atoms with E-state index in [0.717, 1.165) is 18.2 Å². The van der Waals surface area contributed by atoms with Crippen molar-refractivity contribution >= 4 is 11.8 Å². The lowest BCUT2D eigenvalue weighted by Crippen LogP contribution is -2.51. The number of alkyl halides is 3. The molecule has 10 nitrogen and oxygen atoms in total. The van der Waals surface area contributed by atoms with Crippen molar-refractivity contribution in [2.45, 2.75) is 24.1 Å². The summed E-state index contributed by atoms with van der Waals surface area (Å²) in [6.07, 6.45) is -5.35. The highest BCUT2D eigenvalue weighted by molar-refractivity contribution is 5.95. The van der Waals surface area contributed by atoms with Gasteiger partial charge in [-0.25, -0.2) is 9.37 Å². The van der Waals surface area contributed by atoms with Gasteiger partial charge in [0.05, 0.1) is 32.6 Å². The molecule has 0 spiro atoms. The molecule has 2 atom stereocenters. The Bertz CT molecular complexity index is 1820. The van der Waals surface area contributed by atoms with Crippen LogP contribution in [0.1, 0.15) is 38.9 Å². The Morgan fingerprint density at radius 1 is 0.959 bits per heavy atom. The summed E-state index contributed by atoms with van der Waals surface area (Å²) in [6.45, 7) is -0.111. The molecule has 3 aromatic carbocycles. The Balaban J connectivity index is 1.51. The van der Waals surface area contributed by atoms with E-state index in [-0.39, 0.29) is 66.0 Å². The average molecular weight is 684 g/mol. The van der Waals surface area contributed by atoms with Crippen molar-refractivity contribution in [3.05, 3.63) is 107 Å². The lowest BCUT2D eigenvalue weighted by molar-refractivity contribution is -0.265. The standard InChI is InChI=1S/C35H33F4N3O7/c1-33(18-40-31(44)22-6-4-3-5-7-22)20-49-30-25(33)17-28(42-29(30)21-8-11-24(36)12-9-21)34(46,35(37,38)39)19-41-32(45)23-10-13-26(48-15-14-43)27(16-23)47-2/h3-13,16-17,43,46H,14-15,18-20H2,1-2H3,(H,40,44)(H,41,45)/t33-,34-/m0/s1. The molecule has 258 valence electrons. The van der Waals surface area contributed by atoms with E-state index in [1.807, 2.05) is 0 Å². The number of hydrogen-bond acceptors (Lipinski definition) is 8. The average Bonchev–Trinajstić information content (AvgIpc) is 3.44. The molecule has 0 fully saturated rings. The molecule has 14 heteroatoms. The number of carbonyl (C=O) groups is 2. The van der Waals surface area contributed by atoms with Gasteiger partial charge in [0, 0.05) is 34.2 Å². The number of benzene rings is 3. The SMILES string of the molecule is COc1cc(C(=O)NC[C@](O)(c2cc3c(c(-c4ccc(F)cc4)n2)OC[C@]3(C)CNC(=O)c2ccccc2)C(F)(F)F)ccc1OCCO. The third-order valence-corrected chi connectivity index (χ3v) is 8.12. The zero-order chi connectivity index (χ0) is 35.4. The summed E-state index contributed by atoms with van der Waals surface area (Å²) in [5, 5.41) is 25.4. The van der Waals surface area contributed by atoms with Gasteiger partial charge >= 0.3 is 6.18 Å². The van der Waals surface area contributed by atoms with Crippen LogP contribution in [0.5, 0.6) is 17.2 Å². The first-order valence-electron chi connectivity index (χ1n) is 15.1. The second-order valence-corrected chi connectivity index (χ2v) is 11.6. The van der Waals surface area contributed by atoms with Crippen LogP contribution in [0.4, 0.5) is 17.6 Å². The molecule has 49 heavy (non-hydrogen) atoms. The van der Waals surface area contributed by atoms with Gasteiger partial charge < -0.3 is 35.1 Å². The zero-order valence-corrected chi connectivity index (χ0v) is 26.4.